The zero-order valence-electron chi connectivity index (χ0n) is 8.97. The Morgan fingerprint density at radius 2 is 1.64 bits per heavy atom. The average Bonchev–Trinajstić information content (AvgIpc) is 2.13. The predicted molar refractivity (Wildman–Crippen MR) is 68.8 cm³/mol. The summed E-state index contributed by atoms with van der Waals surface area (Å²) >= 11 is 0. The van der Waals surface area contributed by atoms with Gasteiger partial charge in [0.25, 0.3) is 0 Å². The second-order valence-corrected chi connectivity index (χ2v) is 4.92. The number of rotatable bonds is 9. The Morgan fingerprint density at radius 1 is 1.00 bits per heavy atom. The van der Waals surface area contributed by atoms with E-state index in [1.165, 1.54) is 19.3 Å². The summed E-state index contributed by atoms with van der Waals surface area (Å²) in [5, 5.41) is 0. The molecule has 0 radical (unpaired) electrons. The van der Waals surface area contributed by atoms with Crippen LogP contribution in [0.15, 0.2) is 0 Å². The highest BCUT2D eigenvalue weighted by molar-refractivity contribution is 7.39. The van der Waals surface area contributed by atoms with E-state index in [2.05, 4.69) is 13.8 Å². The third kappa shape index (κ3) is 12.7. The Balaban J connectivity index is 0. The first kappa shape index (κ1) is 17.1. The molecule has 1 atom stereocenters. The Labute approximate surface area is 99.8 Å². The van der Waals surface area contributed by atoms with E-state index in [9.17, 15) is 4.57 Å². The van der Waals surface area contributed by atoms with Crippen molar-refractivity contribution in [3.05, 3.63) is 0 Å². The van der Waals surface area contributed by atoms with Crippen molar-refractivity contribution in [3.8, 4) is 0 Å². The lowest BCUT2D eigenvalue weighted by molar-refractivity contribution is 0.320. The number of hydrogen-bond acceptors (Lipinski definition) is 2. The summed E-state index contributed by atoms with van der Waals surface area (Å²) in [5.74, 6) is 0. The third-order valence-electron chi connectivity index (χ3n) is 2.00. The molecule has 14 heavy (non-hydrogen) atoms. The van der Waals surface area contributed by atoms with Crippen LogP contribution in [0.25, 0.3) is 0 Å². The van der Waals surface area contributed by atoms with Gasteiger partial charge in [0, 0.05) is 6.16 Å². The zero-order chi connectivity index (χ0) is 9.94. The lowest BCUT2D eigenvalue weighted by atomic mass is 10.2. The average molecular weight is 236 g/mol. The van der Waals surface area contributed by atoms with Gasteiger partial charge in [0.2, 0.25) is 0 Å². The Hall–Kier alpha value is 0.722. The fourth-order valence-corrected chi connectivity index (χ4v) is 2.15. The molecule has 0 spiro atoms. The van der Waals surface area contributed by atoms with E-state index < -0.39 is 8.03 Å². The van der Waals surface area contributed by atoms with Crippen LogP contribution in [0.4, 0.5) is 0 Å². The highest BCUT2D eigenvalue weighted by Gasteiger charge is 1.98. The SMILES string of the molecule is CCCCCC[PH](=O)OCCCC.[AlH3]. The zero-order valence-corrected chi connectivity index (χ0v) is 9.97. The van der Waals surface area contributed by atoms with Gasteiger partial charge in [-0.15, -0.1) is 0 Å². The highest BCUT2D eigenvalue weighted by atomic mass is 31.1. The Morgan fingerprint density at radius 3 is 2.21 bits per heavy atom. The number of unbranched alkanes of at least 4 members (excludes halogenated alkanes) is 4. The molecular formula is C10H26AlO2P. The Bertz CT molecular complexity index is 131. The normalized spacial score (nSPS) is 12.1. The van der Waals surface area contributed by atoms with E-state index in [-0.39, 0.29) is 17.4 Å². The van der Waals surface area contributed by atoms with Crippen LogP contribution in [0.5, 0.6) is 0 Å². The monoisotopic (exact) mass is 236 g/mol. The van der Waals surface area contributed by atoms with Crippen molar-refractivity contribution in [2.24, 2.45) is 0 Å². The maximum Gasteiger partial charge on any atom is 0.191 e. The Kier molecular flexibility index (Phi) is 16.8. The molecule has 2 nitrogen and oxygen atoms in total. The van der Waals surface area contributed by atoms with E-state index in [4.69, 9.17) is 4.52 Å². The van der Waals surface area contributed by atoms with Crippen LogP contribution in [-0.4, -0.2) is 30.1 Å². The van der Waals surface area contributed by atoms with Crippen LogP contribution in [0.2, 0.25) is 0 Å². The summed E-state index contributed by atoms with van der Waals surface area (Å²) in [7, 11) is -1.69. The van der Waals surface area contributed by atoms with Crippen molar-refractivity contribution in [2.75, 3.05) is 12.8 Å². The van der Waals surface area contributed by atoms with E-state index in [1.807, 2.05) is 0 Å². The quantitative estimate of drug-likeness (QED) is 0.349. The molecule has 0 aliphatic carbocycles. The lowest BCUT2D eigenvalue weighted by Crippen LogP contribution is -1.88. The van der Waals surface area contributed by atoms with Gasteiger partial charge in [0.05, 0.1) is 6.61 Å². The van der Waals surface area contributed by atoms with Crippen LogP contribution in [0, 0.1) is 0 Å². The first-order chi connectivity index (χ1) is 6.31. The van der Waals surface area contributed by atoms with Gasteiger partial charge in [-0.25, -0.2) is 0 Å². The minimum atomic E-state index is -1.69. The molecule has 0 saturated carbocycles. The van der Waals surface area contributed by atoms with Gasteiger partial charge in [-0.3, -0.25) is 4.57 Å². The smallest absolute Gasteiger partial charge is 0.191 e. The van der Waals surface area contributed by atoms with Crippen molar-refractivity contribution in [1.29, 1.82) is 0 Å². The molecular weight excluding hydrogens is 210 g/mol. The molecule has 0 rings (SSSR count). The predicted octanol–water partition coefficient (Wildman–Crippen LogP) is 2.67. The fourth-order valence-electron chi connectivity index (χ4n) is 1.10. The summed E-state index contributed by atoms with van der Waals surface area (Å²) in [6.07, 6.45) is 7.69. The molecule has 0 saturated heterocycles. The molecule has 1 unspecified atom stereocenters. The molecule has 0 N–H and O–H groups in total. The van der Waals surface area contributed by atoms with Crippen molar-refractivity contribution >= 4 is 25.4 Å². The van der Waals surface area contributed by atoms with E-state index in [0.717, 1.165) is 25.4 Å². The van der Waals surface area contributed by atoms with Crippen molar-refractivity contribution in [1.82, 2.24) is 0 Å². The van der Waals surface area contributed by atoms with Crippen LogP contribution >= 0.6 is 8.03 Å². The molecule has 0 aliphatic rings. The minimum absolute atomic E-state index is 0. The van der Waals surface area contributed by atoms with Gasteiger partial charge >= 0.3 is 0 Å². The molecule has 0 fully saturated rings. The molecule has 86 valence electrons. The van der Waals surface area contributed by atoms with E-state index in [1.54, 1.807) is 0 Å². The maximum atomic E-state index is 11.2. The minimum Gasteiger partial charge on any atom is -0.330 e. The number of hydrogen-bond donors (Lipinski definition) is 0. The molecule has 0 aliphatic heterocycles. The maximum absolute atomic E-state index is 11.2. The summed E-state index contributed by atoms with van der Waals surface area (Å²) < 4.78 is 16.5. The molecule has 0 aromatic rings. The van der Waals surface area contributed by atoms with Crippen molar-refractivity contribution in [3.63, 3.8) is 0 Å². The summed E-state index contributed by atoms with van der Waals surface area (Å²) in [4.78, 5) is 0. The molecule has 0 aromatic heterocycles. The molecule has 0 aromatic carbocycles. The van der Waals surface area contributed by atoms with Crippen molar-refractivity contribution < 1.29 is 9.09 Å². The highest BCUT2D eigenvalue weighted by Crippen LogP contribution is 2.24. The summed E-state index contributed by atoms with van der Waals surface area (Å²) in [5.41, 5.74) is 0. The first-order valence-electron chi connectivity index (χ1n) is 5.46. The van der Waals surface area contributed by atoms with Gasteiger partial charge in [-0.1, -0.05) is 39.5 Å². The largest absolute Gasteiger partial charge is 0.330 e. The third-order valence-corrected chi connectivity index (χ3v) is 3.28. The lowest BCUT2D eigenvalue weighted by Gasteiger charge is -2.02. The molecule has 0 bridgehead atoms. The second-order valence-electron chi connectivity index (χ2n) is 3.38. The van der Waals surface area contributed by atoms with Crippen molar-refractivity contribution in [2.45, 2.75) is 52.4 Å². The van der Waals surface area contributed by atoms with Gasteiger partial charge in [-0.05, 0) is 12.8 Å². The van der Waals surface area contributed by atoms with Crippen LogP contribution in [0.3, 0.4) is 0 Å². The van der Waals surface area contributed by atoms with Gasteiger partial charge < -0.3 is 4.52 Å². The van der Waals surface area contributed by atoms with Crippen LogP contribution < -0.4 is 0 Å². The topological polar surface area (TPSA) is 26.3 Å². The van der Waals surface area contributed by atoms with Gasteiger partial charge in [0.1, 0.15) is 0 Å². The summed E-state index contributed by atoms with van der Waals surface area (Å²) in [6, 6.07) is 0. The molecule has 0 amide bonds. The van der Waals surface area contributed by atoms with E-state index >= 15 is 0 Å². The standard InChI is InChI=1S/C10H23O2P.Al.3H/c1-3-5-7-8-10-13(11)12-9-6-4-2;;;;/h13H,3-10H2,1-2H3;;;;. The fraction of sp³-hybridized carbons (Fsp3) is 1.00. The molecule has 4 heteroatoms. The van der Waals surface area contributed by atoms with Crippen LogP contribution in [-0.2, 0) is 9.09 Å². The second kappa shape index (κ2) is 13.7. The molecule has 0 heterocycles. The van der Waals surface area contributed by atoms with Crippen LogP contribution in [0.1, 0.15) is 52.4 Å². The first-order valence-corrected chi connectivity index (χ1v) is 6.99. The van der Waals surface area contributed by atoms with Gasteiger partial charge in [-0.2, -0.15) is 0 Å². The summed E-state index contributed by atoms with van der Waals surface area (Å²) in [6.45, 7) is 4.98. The van der Waals surface area contributed by atoms with Gasteiger partial charge in [0.15, 0.2) is 25.4 Å². The van der Waals surface area contributed by atoms with E-state index in [0.29, 0.717) is 6.61 Å².